The molecular formula is C25H31N7O3. The Hall–Kier alpha value is -3.84. The zero-order valence-electron chi connectivity index (χ0n) is 20.5. The highest BCUT2D eigenvalue weighted by Crippen LogP contribution is 2.31. The number of aromatic nitrogens is 3. The predicted octanol–water partition coefficient (Wildman–Crippen LogP) is 3.10. The maximum Gasteiger partial charge on any atom is 0.407 e. The molecule has 0 unspecified atom stereocenters. The molecule has 1 fully saturated rings. The largest absolute Gasteiger partial charge is 0.492 e. The van der Waals surface area contributed by atoms with Gasteiger partial charge >= 0.3 is 6.09 Å². The second kappa shape index (κ2) is 9.80. The third-order valence-corrected chi connectivity index (χ3v) is 5.77. The molecule has 0 saturated carbocycles. The molecule has 0 radical (unpaired) electrons. The second-order valence-electron chi connectivity index (χ2n) is 9.54. The lowest BCUT2D eigenvalue weighted by atomic mass is 10.00. The van der Waals surface area contributed by atoms with E-state index in [0.717, 1.165) is 23.5 Å². The van der Waals surface area contributed by atoms with Crippen molar-refractivity contribution in [2.24, 2.45) is 5.73 Å². The van der Waals surface area contributed by atoms with E-state index < -0.39 is 11.7 Å². The summed E-state index contributed by atoms with van der Waals surface area (Å²) >= 11 is 0. The number of rotatable bonds is 5. The quantitative estimate of drug-likeness (QED) is 0.573. The number of amides is 1. The van der Waals surface area contributed by atoms with Crippen LogP contribution >= 0.6 is 0 Å². The van der Waals surface area contributed by atoms with Crippen LogP contribution in [0.4, 0.5) is 10.6 Å². The Labute approximate surface area is 204 Å². The molecule has 0 aromatic carbocycles. The summed E-state index contributed by atoms with van der Waals surface area (Å²) in [5.41, 5.74) is 8.54. The lowest BCUT2D eigenvalue weighted by Gasteiger charge is -2.38. The van der Waals surface area contributed by atoms with Crippen molar-refractivity contribution < 1.29 is 14.3 Å². The number of nitrogens with one attached hydrogen (secondary N) is 1. The van der Waals surface area contributed by atoms with E-state index in [4.69, 9.17) is 15.2 Å². The number of carbonyl (C=O) groups excluding carboxylic acids is 1. The summed E-state index contributed by atoms with van der Waals surface area (Å²) in [7, 11) is 0. The zero-order chi connectivity index (χ0) is 25.2. The molecule has 4 heterocycles. The summed E-state index contributed by atoms with van der Waals surface area (Å²) in [6, 6.07) is 7.58. The van der Waals surface area contributed by atoms with E-state index in [1.165, 1.54) is 0 Å². The minimum atomic E-state index is -0.578. The van der Waals surface area contributed by atoms with E-state index in [-0.39, 0.29) is 12.1 Å². The van der Waals surface area contributed by atoms with Crippen molar-refractivity contribution in [1.82, 2.24) is 19.9 Å². The number of anilines is 1. The fraction of sp³-hybridized carbons (Fsp3) is 0.440. The molecule has 0 aliphatic carbocycles. The molecule has 2 atom stereocenters. The van der Waals surface area contributed by atoms with E-state index in [2.05, 4.69) is 26.4 Å². The molecule has 3 N–H and O–H groups in total. The van der Waals surface area contributed by atoms with Crippen molar-refractivity contribution in [3.8, 4) is 22.9 Å². The topological polar surface area (TPSA) is 131 Å². The van der Waals surface area contributed by atoms with Crippen LogP contribution in [-0.4, -0.2) is 58.1 Å². The van der Waals surface area contributed by atoms with Gasteiger partial charge in [0.1, 0.15) is 23.2 Å². The maximum atomic E-state index is 12.3. The Balaban J connectivity index is 1.56. The molecule has 3 aromatic heterocycles. The second-order valence-corrected chi connectivity index (χ2v) is 9.54. The Morgan fingerprint density at radius 3 is 2.80 bits per heavy atom. The van der Waals surface area contributed by atoms with Crippen LogP contribution < -0.4 is 20.7 Å². The smallest absolute Gasteiger partial charge is 0.407 e. The Kier molecular flexibility index (Phi) is 6.80. The molecule has 1 aliphatic rings. The summed E-state index contributed by atoms with van der Waals surface area (Å²) in [5.74, 6) is 1.44. The first-order valence-electron chi connectivity index (χ1n) is 11.7. The van der Waals surface area contributed by atoms with Gasteiger partial charge in [-0.1, -0.05) is 0 Å². The molecule has 10 heteroatoms. The van der Waals surface area contributed by atoms with Gasteiger partial charge < -0.3 is 25.4 Å². The van der Waals surface area contributed by atoms with Crippen LogP contribution in [-0.2, 0) is 4.74 Å². The molecule has 3 aromatic rings. The van der Waals surface area contributed by atoms with Crippen LogP contribution in [0.5, 0.6) is 5.75 Å². The van der Waals surface area contributed by atoms with Gasteiger partial charge in [-0.15, -0.1) is 0 Å². The van der Waals surface area contributed by atoms with Crippen molar-refractivity contribution in [1.29, 1.82) is 5.26 Å². The van der Waals surface area contributed by atoms with Crippen LogP contribution in [0.2, 0.25) is 0 Å². The molecule has 1 aliphatic heterocycles. The number of nitriles is 1. The first-order valence-corrected chi connectivity index (χ1v) is 11.7. The van der Waals surface area contributed by atoms with Gasteiger partial charge in [-0.3, -0.25) is 0 Å². The molecule has 10 nitrogen and oxygen atoms in total. The number of nitrogens with two attached hydrogens (primary N) is 1. The average Bonchev–Trinajstić information content (AvgIpc) is 3.22. The fourth-order valence-corrected chi connectivity index (χ4v) is 4.17. The number of alkyl carbamates (subject to hydrolysis) is 1. The number of fused-ring (bicyclic) bond motifs is 1. The molecular weight excluding hydrogens is 446 g/mol. The highest BCUT2D eigenvalue weighted by molar-refractivity contribution is 5.85. The van der Waals surface area contributed by atoms with Gasteiger partial charge in [-0.2, -0.15) is 10.4 Å². The monoisotopic (exact) mass is 477 g/mol. The predicted molar refractivity (Wildman–Crippen MR) is 132 cm³/mol. The Morgan fingerprint density at radius 2 is 2.14 bits per heavy atom. The molecule has 1 saturated heterocycles. The summed E-state index contributed by atoms with van der Waals surface area (Å²) < 4.78 is 12.7. The van der Waals surface area contributed by atoms with Crippen molar-refractivity contribution in [2.45, 2.75) is 51.8 Å². The number of ether oxygens (including phenoxy) is 2. The van der Waals surface area contributed by atoms with Crippen LogP contribution in [0.1, 0.15) is 39.7 Å². The van der Waals surface area contributed by atoms with Crippen LogP contribution in [0, 0.1) is 11.3 Å². The van der Waals surface area contributed by atoms with Gasteiger partial charge in [0.15, 0.2) is 0 Å². The van der Waals surface area contributed by atoms with E-state index >= 15 is 0 Å². The minimum Gasteiger partial charge on any atom is -0.492 e. The van der Waals surface area contributed by atoms with Gasteiger partial charge in [-0.25, -0.2) is 14.3 Å². The summed E-state index contributed by atoms with van der Waals surface area (Å²) in [6.07, 6.45) is 5.32. The number of hydrogen-bond acceptors (Lipinski definition) is 8. The highest BCUT2D eigenvalue weighted by Gasteiger charge is 2.30. The number of hydrogen-bond donors (Lipinski definition) is 2. The average molecular weight is 478 g/mol. The summed E-state index contributed by atoms with van der Waals surface area (Å²) in [4.78, 5) is 19.1. The van der Waals surface area contributed by atoms with Crippen molar-refractivity contribution in [2.75, 3.05) is 24.6 Å². The van der Waals surface area contributed by atoms with Crippen molar-refractivity contribution >= 4 is 17.4 Å². The molecule has 0 bridgehead atoms. The van der Waals surface area contributed by atoms with Gasteiger partial charge in [0.25, 0.3) is 0 Å². The first kappa shape index (κ1) is 24.3. The zero-order valence-corrected chi connectivity index (χ0v) is 20.5. The van der Waals surface area contributed by atoms with Gasteiger partial charge in [0.05, 0.1) is 36.1 Å². The lowest BCUT2D eigenvalue weighted by Crippen LogP contribution is -2.59. The maximum absolute atomic E-state index is 12.3. The SMILES string of the molecule is CCOc1cc(-c2ccc(N3CC[C@H](N)[C@H](NC(=O)OC(C)(C)C)C3)nc2)c2c(C#N)cnn2c1. The van der Waals surface area contributed by atoms with E-state index in [9.17, 15) is 10.1 Å². The number of piperidine rings is 1. The normalized spacial score (nSPS) is 18.2. The molecule has 4 rings (SSSR count). The Bertz CT molecular complexity index is 1240. The van der Waals surface area contributed by atoms with Crippen LogP contribution in [0.25, 0.3) is 16.6 Å². The standard InChI is InChI=1S/C25H31N7O3/c1-5-34-18-10-19(23-17(11-26)13-29-32(23)14-18)16-6-7-22(28-12-16)31-9-8-20(27)21(15-31)30-24(33)35-25(2,3)4/h6-7,10,12-14,20-21H,5,8-9,15,27H2,1-4H3,(H,30,33)/t20-,21+/m0/s1. The van der Waals surface area contributed by atoms with Gasteiger partial charge in [-0.05, 0) is 52.3 Å². The number of nitrogens with zero attached hydrogens (tertiary/aromatic N) is 5. The lowest BCUT2D eigenvalue weighted by molar-refractivity contribution is 0.0493. The molecule has 35 heavy (non-hydrogen) atoms. The third-order valence-electron chi connectivity index (χ3n) is 5.77. The van der Waals surface area contributed by atoms with Gasteiger partial charge in [0.2, 0.25) is 0 Å². The fourth-order valence-electron chi connectivity index (χ4n) is 4.17. The molecule has 184 valence electrons. The molecule has 0 spiro atoms. The first-order chi connectivity index (χ1) is 16.7. The van der Waals surface area contributed by atoms with E-state index in [1.807, 2.05) is 45.9 Å². The van der Waals surface area contributed by atoms with Crippen molar-refractivity contribution in [3.05, 3.63) is 42.4 Å². The van der Waals surface area contributed by atoms with Crippen LogP contribution in [0.3, 0.4) is 0 Å². The van der Waals surface area contributed by atoms with Crippen LogP contribution in [0.15, 0.2) is 36.8 Å². The number of pyridine rings is 2. The third kappa shape index (κ3) is 5.46. The Morgan fingerprint density at radius 1 is 1.34 bits per heavy atom. The molecule has 1 amide bonds. The van der Waals surface area contributed by atoms with Gasteiger partial charge in [0, 0.05) is 36.5 Å². The van der Waals surface area contributed by atoms with E-state index in [1.54, 1.807) is 23.1 Å². The van der Waals surface area contributed by atoms with E-state index in [0.29, 0.717) is 36.4 Å². The van der Waals surface area contributed by atoms with Crippen molar-refractivity contribution in [3.63, 3.8) is 0 Å². The highest BCUT2D eigenvalue weighted by atomic mass is 16.6. The minimum absolute atomic E-state index is 0.168. The summed E-state index contributed by atoms with van der Waals surface area (Å²) in [6.45, 7) is 9.17. The number of carbonyl (C=O) groups is 1. The summed E-state index contributed by atoms with van der Waals surface area (Å²) in [5, 5.41) is 16.7.